The summed E-state index contributed by atoms with van der Waals surface area (Å²) < 4.78 is 8.28. The van der Waals surface area contributed by atoms with Gasteiger partial charge >= 0.3 is 0 Å². The first-order valence-electron chi connectivity index (χ1n) is 13.7. The van der Waals surface area contributed by atoms with E-state index >= 15 is 0 Å². The maximum atomic E-state index is 10.4. The number of para-hydroxylation sites is 4. The average Bonchev–Trinajstić information content (AvgIpc) is 3.59. The van der Waals surface area contributed by atoms with Crippen LogP contribution < -0.4 is 0 Å². The fraction of sp³-hybridized carbons (Fsp3) is 0. The Hall–Kier alpha value is -6.10. The molecule has 0 saturated carbocycles. The van der Waals surface area contributed by atoms with Gasteiger partial charge < -0.3 is 8.98 Å². The van der Waals surface area contributed by atoms with Crippen molar-refractivity contribution < 1.29 is 4.42 Å². The van der Waals surface area contributed by atoms with Crippen LogP contribution in [0.15, 0.2) is 132 Å². The van der Waals surface area contributed by atoms with Crippen LogP contribution in [0.1, 0.15) is 11.1 Å². The van der Waals surface area contributed by atoms with Gasteiger partial charge in [-0.05, 0) is 53.6 Å². The van der Waals surface area contributed by atoms with Crippen LogP contribution in [0.4, 0.5) is 0 Å². The fourth-order valence-corrected chi connectivity index (χ4v) is 6.32. The van der Waals surface area contributed by atoms with Crippen molar-refractivity contribution in [3.8, 4) is 40.1 Å². The smallest absolute Gasteiger partial charge is 0.135 e. The molecule has 6 aromatic carbocycles. The number of hydrogen-bond acceptors (Lipinski definition) is 3. The van der Waals surface area contributed by atoms with Gasteiger partial charge in [0.25, 0.3) is 0 Å². The summed E-state index contributed by atoms with van der Waals surface area (Å²) in [4.78, 5) is 0. The van der Waals surface area contributed by atoms with E-state index in [1.54, 1.807) is 0 Å². The Kier molecular flexibility index (Phi) is 5.22. The molecule has 4 nitrogen and oxygen atoms in total. The largest absolute Gasteiger partial charge is 0.456 e. The second kappa shape index (κ2) is 9.24. The van der Waals surface area contributed by atoms with Gasteiger partial charge in [0.05, 0.1) is 33.9 Å². The fourth-order valence-electron chi connectivity index (χ4n) is 6.32. The summed E-state index contributed by atoms with van der Waals surface area (Å²) in [5.41, 5.74) is 9.09. The van der Waals surface area contributed by atoms with E-state index in [0.29, 0.717) is 11.1 Å². The van der Waals surface area contributed by atoms with E-state index in [9.17, 15) is 10.5 Å². The van der Waals surface area contributed by atoms with Gasteiger partial charge in [-0.2, -0.15) is 10.5 Å². The molecular formula is C38H21N3O. The Balaban J connectivity index is 1.47. The summed E-state index contributed by atoms with van der Waals surface area (Å²) in [6.45, 7) is 0. The van der Waals surface area contributed by atoms with Crippen molar-refractivity contribution in [1.82, 2.24) is 4.57 Å². The topological polar surface area (TPSA) is 65.7 Å². The van der Waals surface area contributed by atoms with Gasteiger partial charge in [0.15, 0.2) is 0 Å². The minimum atomic E-state index is 0.559. The van der Waals surface area contributed by atoms with Gasteiger partial charge in [-0.25, -0.2) is 0 Å². The highest BCUT2D eigenvalue weighted by Gasteiger charge is 2.22. The Morgan fingerprint density at radius 3 is 1.81 bits per heavy atom. The Bertz CT molecular complexity index is 2390. The standard InChI is InChI=1S/C38H21N3O/c39-22-25-9-7-14-30(37(25)24-19-20-36-32(21-24)29-13-3-6-18-35(29)42-36)31-15-8-10-26(23-40)38(31)41-33-16-4-1-11-27(33)28-12-2-5-17-34(28)41/h1-21H. The molecule has 0 N–H and O–H groups in total. The molecule has 0 aliphatic rings. The van der Waals surface area contributed by atoms with E-state index in [2.05, 4.69) is 53.1 Å². The number of hydrogen-bond donors (Lipinski definition) is 0. The van der Waals surface area contributed by atoms with Gasteiger partial charge in [0, 0.05) is 32.7 Å². The molecule has 0 aliphatic heterocycles. The first-order valence-corrected chi connectivity index (χ1v) is 13.7. The van der Waals surface area contributed by atoms with Crippen molar-refractivity contribution in [2.45, 2.75) is 0 Å². The molecule has 8 aromatic rings. The van der Waals surface area contributed by atoms with E-state index in [0.717, 1.165) is 71.7 Å². The van der Waals surface area contributed by atoms with Crippen molar-refractivity contribution >= 4 is 43.7 Å². The van der Waals surface area contributed by atoms with Crippen molar-refractivity contribution in [1.29, 1.82) is 10.5 Å². The first kappa shape index (κ1) is 23.8. The van der Waals surface area contributed by atoms with Gasteiger partial charge in [0.1, 0.15) is 17.2 Å². The number of benzene rings is 6. The number of rotatable bonds is 3. The van der Waals surface area contributed by atoms with E-state index in [1.807, 2.05) is 91.0 Å². The quantitative estimate of drug-likeness (QED) is 0.226. The van der Waals surface area contributed by atoms with E-state index in [1.165, 1.54) is 0 Å². The highest BCUT2D eigenvalue weighted by atomic mass is 16.3. The van der Waals surface area contributed by atoms with Crippen LogP contribution in [-0.2, 0) is 0 Å². The Morgan fingerprint density at radius 1 is 0.500 bits per heavy atom. The molecule has 0 saturated heterocycles. The summed E-state index contributed by atoms with van der Waals surface area (Å²) in [5, 5.41) is 25.0. The monoisotopic (exact) mass is 535 g/mol. The molecule has 0 unspecified atom stereocenters. The predicted octanol–water partition coefficient (Wildman–Crippen LogP) is 9.76. The Morgan fingerprint density at radius 2 is 1.10 bits per heavy atom. The van der Waals surface area contributed by atoms with Crippen LogP contribution in [0.3, 0.4) is 0 Å². The minimum Gasteiger partial charge on any atom is -0.456 e. The normalized spacial score (nSPS) is 11.3. The summed E-state index contributed by atoms with van der Waals surface area (Å²) >= 11 is 0. The summed E-state index contributed by atoms with van der Waals surface area (Å²) in [6.07, 6.45) is 0. The molecule has 194 valence electrons. The molecule has 0 spiro atoms. The van der Waals surface area contributed by atoms with Crippen molar-refractivity contribution in [3.63, 3.8) is 0 Å². The van der Waals surface area contributed by atoms with Gasteiger partial charge in [0.2, 0.25) is 0 Å². The third kappa shape index (κ3) is 3.40. The lowest BCUT2D eigenvalue weighted by Gasteiger charge is -2.19. The molecule has 4 heteroatoms. The van der Waals surface area contributed by atoms with Crippen molar-refractivity contribution in [3.05, 3.63) is 139 Å². The molecule has 42 heavy (non-hydrogen) atoms. The lowest BCUT2D eigenvalue weighted by atomic mass is 9.88. The first-order chi connectivity index (χ1) is 20.8. The lowest BCUT2D eigenvalue weighted by Crippen LogP contribution is -2.02. The number of nitrogens with zero attached hydrogens (tertiary/aromatic N) is 3. The third-order valence-electron chi connectivity index (χ3n) is 8.10. The van der Waals surface area contributed by atoms with Gasteiger partial charge in [-0.3, -0.25) is 0 Å². The zero-order valence-electron chi connectivity index (χ0n) is 22.4. The molecule has 0 atom stereocenters. The third-order valence-corrected chi connectivity index (χ3v) is 8.10. The number of furan rings is 1. The zero-order valence-corrected chi connectivity index (χ0v) is 22.4. The lowest BCUT2D eigenvalue weighted by molar-refractivity contribution is 0.669. The summed E-state index contributed by atoms with van der Waals surface area (Å²) in [6, 6.07) is 47.2. The molecule has 0 fully saturated rings. The summed E-state index contributed by atoms with van der Waals surface area (Å²) in [5.74, 6) is 0. The molecule has 8 rings (SSSR count). The maximum Gasteiger partial charge on any atom is 0.135 e. The second-order valence-corrected chi connectivity index (χ2v) is 10.3. The maximum absolute atomic E-state index is 10.4. The molecule has 0 radical (unpaired) electrons. The zero-order chi connectivity index (χ0) is 28.2. The van der Waals surface area contributed by atoms with E-state index in [-0.39, 0.29) is 0 Å². The van der Waals surface area contributed by atoms with Crippen LogP contribution >= 0.6 is 0 Å². The molecule has 2 aromatic heterocycles. The van der Waals surface area contributed by atoms with Crippen LogP contribution in [0, 0.1) is 22.7 Å². The van der Waals surface area contributed by atoms with Gasteiger partial charge in [-0.15, -0.1) is 0 Å². The van der Waals surface area contributed by atoms with Crippen LogP contribution in [-0.4, -0.2) is 4.57 Å². The molecule has 0 aliphatic carbocycles. The SMILES string of the molecule is N#Cc1cccc(-c2cccc(C#N)c2-n2c3ccccc3c3ccccc32)c1-c1ccc2oc3ccccc3c2c1. The van der Waals surface area contributed by atoms with Crippen molar-refractivity contribution in [2.75, 3.05) is 0 Å². The van der Waals surface area contributed by atoms with Crippen molar-refractivity contribution in [2.24, 2.45) is 0 Å². The number of fused-ring (bicyclic) bond motifs is 6. The number of aromatic nitrogens is 1. The van der Waals surface area contributed by atoms with Crippen LogP contribution in [0.25, 0.3) is 71.7 Å². The highest BCUT2D eigenvalue weighted by molar-refractivity contribution is 6.11. The Labute approximate surface area is 241 Å². The number of nitriles is 2. The van der Waals surface area contributed by atoms with Crippen LogP contribution in [0.2, 0.25) is 0 Å². The molecule has 0 bridgehead atoms. The summed E-state index contributed by atoms with van der Waals surface area (Å²) in [7, 11) is 0. The van der Waals surface area contributed by atoms with Crippen LogP contribution in [0.5, 0.6) is 0 Å². The molecular weight excluding hydrogens is 514 g/mol. The van der Waals surface area contributed by atoms with E-state index < -0.39 is 0 Å². The second-order valence-electron chi connectivity index (χ2n) is 10.3. The highest BCUT2D eigenvalue weighted by Crippen LogP contribution is 2.43. The predicted molar refractivity (Wildman–Crippen MR) is 168 cm³/mol. The molecule has 2 heterocycles. The minimum absolute atomic E-state index is 0.559. The van der Waals surface area contributed by atoms with Gasteiger partial charge in [-0.1, -0.05) is 84.9 Å². The molecule has 0 amide bonds. The average molecular weight is 536 g/mol. The van der Waals surface area contributed by atoms with E-state index in [4.69, 9.17) is 4.42 Å².